The lowest BCUT2D eigenvalue weighted by Gasteiger charge is -2.15. The molecule has 0 aliphatic heterocycles. The largest absolute Gasteiger partial charge is 0.244 e. The fourth-order valence-electron chi connectivity index (χ4n) is 16.0. The molecule has 2 aromatic heterocycles. The van der Waals surface area contributed by atoms with E-state index in [2.05, 4.69) is 352 Å². The Balaban J connectivity index is 0.000000139. The number of aromatic nitrogens is 4. The van der Waals surface area contributed by atoms with Crippen molar-refractivity contribution in [2.24, 2.45) is 0 Å². The Labute approximate surface area is 600 Å². The van der Waals surface area contributed by atoms with Gasteiger partial charge in [0.15, 0.2) is 0 Å². The summed E-state index contributed by atoms with van der Waals surface area (Å²) in [5, 5.41) is 22.3. The minimum absolute atomic E-state index is 0.871. The van der Waals surface area contributed by atoms with Crippen molar-refractivity contribution in [3.63, 3.8) is 0 Å². The second-order valence-corrected chi connectivity index (χ2v) is 27.1. The van der Waals surface area contributed by atoms with E-state index < -0.39 is 0 Å². The third kappa shape index (κ3) is 10.5. The predicted molar refractivity (Wildman–Crippen MR) is 440 cm³/mol. The van der Waals surface area contributed by atoms with Crippen LogP contribution in [0.5, 0.6) is 0 Å². The van der Waals surface area contributed by atoms with Crippen LogP contribution in [0.1, 0.15) is 0 Å². The molecule has 0 atom stereocenters. The van der Waals surface area contributed by atoms with Gasteiger partial charge in [0.1, 0.15) is 0 Å². The standard InChI is InChI=1S/C52H32N2.C48H30N2/c1-2-12-38-32-48-47(31-37(38)11-1)53-51(35-25-21-33(22-26-35)49-43-17-7-3-13-39(43)29-40-14-4-8-18-44(40)49)52(54-48)36-27-23-34(24-28-36)50-45-19-9-5-15-41(45)30-42-16-6-10-20-46(42)50;1-5-15-39-35(11-1)29-36-12-2-6-16-40(36)45(39)31-21-25-33(26-22-31)47-48(50-44-20-10-9-19-43(44)49-47)34-27-23-32(24-28-34)46-41-17-7-3-13-37(41)30-38-14-4-8-18-42(38)46/h1-32H;1-30H. The Morgan fingerprint density at radius 2 is 0.288 bits per heavy atom. The third-order valence-corrected chi connectivity index (χ3v) is 21.0. The summed E-state index contributed by atoms with van der Waals surface area (Å²) >= 11 is 0. The maximum Gasteiger partial charge on any atom is 0.0973 e. The van der Waals surface area contributed by atoms with Crippen molar-refractivity contribution in [3.8, 4) is 89.5 Å². The van der Waals surface area contributed by atoms with Crippen molar-refractivity contribution in [1.82, 2.24) is 19.9 Å². The van der Waals surface area contributed by atoms with Crippen LogP contribution in [-0.4, -0.2) is 19.9 Å². The number of benzene rings is 19. The van der Waals surface area contributed by atoms with Gasteiger partial charge in [0.25, 0.3) is 0 Å². The molecule has 0 radical (unpaired) electrons. The molecule has 482 valence electrons. The van der Waals surface area contributed by atoms with Crippen LogP contribution in [0.2, 0.25) is 0 Å². The van der Waals surface area contributed by atoms with Crippen molar-refractivity contribution in [2.75, 3.05) is 0 Å². The van der Waals surface area contributed by atoms with E-state index in [-0.39, 0.29) is 0 Å². The van der Waals surface area contributed by atoms with Gasteiger partial charge in [-0.25, -0.2) is 19.9 Å². The highest BCUT2D eigenvalue weighted by molar-refractivity contribution is 6.17. The molecule has 0 saturated heterocycles. The molecule has 4 nitrogen and oxygen atoms in total. The SMILES string of the molecule is c1ccc2c(-c3ccc(-c4nc5ccccc5nc4-c4ccc(-c5c6ccccc6cc6ccccc56)cc4)cc3)c3ccccc3cc2c1.c1ccc2cc3nc(-c4ccc(-c5c6ccccc6cc6ccccc56)cc4)c(-c4ccc(-c5c6ccccc6cc6ccccc56)cc4)nc3cc2c1. The highest BCUT2D eigenvalue weighted by Gasteiger charge is 2.21. The van der Waals surface area contributed by atoms with Gasteiger partial charge in [0.05, 0.1) is 44.8 Å². The molecule has 0 spiro atoms. The van der Waals surface area contributed by atoms with Gasteiger partial charge in [-0.3, -0.25) is 0 Å². The zero-order chi connectivity index (χ0) is 68.6. The van der Waals surface area contributed by atoms with Crippen LogP contribution < -0.4 is 0 Å². The van der Waals surface area contributed by atoms with Crippen LogP contribution in [0.3, 0.4) is 0 Å². The number of fused-ring (bicyclic) bond motifs is 11. The van der Waals surface area contributed by atoms with Gasteiger partial charge >= 0.3 is 0 Å². The number of rotatable bonds is 8. The molecule has 104 heavy (non-hydrogen) atoms. The van der Waals surface area contributed by atoms with E-state index in [1.54, 1.807) is 0 Å². The van der Waals surface area contributed by atoms with Crippen molar-refractivity contribution in [1.29, 1.82) is 0 Å². The maximum atomic E-state index is 5.37. The molecule has 0 bridgehead atoms. The van der Waals surface area contributed by atoms with Crippen LogP contribution >= 0.6 is 0 Å². The Kier molecular flexibility index (Phi) is 14.5. The van der Waals surface area contributed by atoms with Crippen molar-refractivity contribution in [2.45, 2.75) is 0 Å². The van der Waals surface area contributed by atoms with Crippen LogP contribution in [-0.2, 0) is 0 Å². The summed E-state index contributed by atoms with van der Waals surface area (Å²) in [6, 6.07) is 135. The zero-order valence-electron chi connectivity index (χ0n) is 56.6. The van der Waals surface area contributed by atoms with E-state index in [1.165, 1.54) is 131 Å². The van der Waals surface area contributed by atoms with Crippen molar-refractivity contribution in [3.05, 3.63) is 376 Å². The fourth-order valence-corrected chi connectivity index (χ4v) is 16.0. The van der Waals surface area contributed by atoms with Gasteiger partial charge in [-0.05, 0) is 190 Å². The monoisotopic (exact) mass is 1320 g/mol. The first-order chi connectivity index (χ1) is 51.5. The lowest BCUT2D eigenvalue weighted by atomic mass is 9.90. The van der Waals surface area contributed by atoms with Gasteiger partial charge < -0.3 is 0 Å². The normalized spacial score (nSPS) is 11.7. The molecule has 21 aromatic rings. The average Bonchev–Trinajstić information content (AvgIpc) is 0.755. The van der Waals surface area contributed by atoms with E-state index in [4.69, 9.17) is 19.9 Å². The van der Waals surface area contributed by atoms with E-state index in [9.17, 15) is 0 Å². The molecule has 21 rings (SSSR count). The third-order valence-electron chi connectivity index (χ3n) is 21.0. The van der Waals surface area contributed by atoms with Gasteiger partial charge in [-0.15, -0.1) is 0 Å². The molecular weight excluding hydrogens is 1260 g/mol. The average molecular weight is 1320 g/mol. The molecular formula is C100H62N4. The van der Waals surface area contributed by atoms with Crippen LogP contribution in [0.25, 0.3) is 209 Å². The van der Waals surface area contributed by atoms with Crippen molar-refractivity contribution < 1.29 is 0 Å². The van der Waals surface area contributed by atoms with Crippen LogP contribution in [0.15, 0.2) is 376 Å². The van der Waals surface area contributed by atoms with Gasteiger partial charge in [-0.2, -0.15) is 0 Å². The second-order valence-electron chi connectivity index (χ2n) is 27.1. The molecule has 0 fully saturated rings. The van der Waals surface area contributed by atoms with Gasteiger partial charge in [-0.1, -0.05) is 328 Å². The second kappa shape index (κ2) is 25.1. The predicted octanol–water partition coefficient (Wildman–Crippen LogP) is 27.0. The van der Waals surface area contributed by atoms with E-state index in [1.807, 2.05) is 24.3 Å². The Morgan fingerprint density at radius 3 is 0.500 bits per heavy atom. The summed E-state index contributed by atoms with van der Waals surface area (Å²) < 4.78 is 0. The quantitative estimate of drug-likeness (QED) is 0.142. The minimum Gasteiger partial charge on any atom is -0.244 e. The zero-order valence-corrected chi connectivity index (χ0v) is 56.6. The van der Waals surface area contributed by atoms with Gasteiger partial charge in [0.2, 0.25) is 0 Å². The summed E-state index contributed by atoms with van der Waals surface area (Å²) in [5.41, 5.74) is 20.9. The Hall–Kier alpha value is -13.8. The topological polar surface area (TPSA) is 51.6 Å². The number of nitrogens with zero attached hydrogens (tertiary/aromatic N) is 4. The summed E-state index contributed by atoms with van der Waals surface area (Å²) in [4.78, 5) is 21.2. The summed E-state index contributed by atoms with van der Waals surface area (Å²) in [6.45, 7) is 0. The number of hydrogen-bond donors (Lipinski definition) is 0. The minimum atomic E-state index is 0.871. The van der Waals surface area contributed by atoms with E-state index in [0.29, 0.717) is 0 Å². The lowest BCUT2D eigenvalue weighted by Crippen LogP contribution is -1.96. The van der Waals surface area contributed by atoms with Gasteiger partial charge in [0, 0.05) is 22.3 Å². The Bertz CT molecular complexity index is 6370. The Morgan fingerprint density at radius 1 is 0.125 bits per heavy atom. The first kappa shape index (κ1) is 60.2. The molecule has 2 heterocycles. The molecule has 0 saturated carbocycles. The van der Waals surface area contributed by atoms with Crippen LogP contribution in [0.4, 0.5) is 0 Å². The van der Waals surface area contributed by atoms with E-state index in [0.717, 1.165) is 77.9 Å². The molecule has 0 amide bonds. The fraction of sp³-hybridized carbons (Fsp3) is 0. The highest BCUT2D eigenvalue weighted by Crippen LogP contribution is 2.44. The molecule has 0 unspecified atom stereocenters. The molecule has 0 aliphatic rings. The smallest absolute Gasteiger partial charge is 0.0973 e. The molecule has 4 heteroatoms. The molecule has 19 aromatic carbocycles. The molecule has 0 aliphatic carbocycles. The number of hydrogen-bond acceptors (Lipinski definition) is 4. The molecule has 0 N–H and O–H groups in total. The number of para-hydroxylation sites is 2. The summed E-state index contributed by atoms with van der Waals surface area (Å²) in [6.07, 6.45) is 0. The first-order valence-electron chi connectivity index (χ1n) is 35.6. The van der Waals surface area contributed by atoms with Crippen molar-refractivity contribution >= 4 is 119 Å². The summed E-state index contributed by atoms with van der Waals surface area (Å²) in [7, 11) is 0. The first-order valence-corrected chi connectivity index (χ1v) is 35.6. The van der Waals surface area contributed by atoms with Crippen LogP contribution in [0, 0.1) is 0 Å². The van der Waals surface area contributed by atoms with E-state index >= 15 is 0 Å². The highest BCUT2D eigenvalue weighted by atomic mass is 14.8. The lowest BCUT2D eigenvalue weighted by molar-refractivity contribution is 1.29. The maximum absolute atomic E-state index is 5.37. The summed E-state index contributed by atoms with van der Waals surface area (Å²) in [5.74, 6) is 0.